The summed E-state index contributed by atoms with van der Waals surface area (Å²) in [6.45, 7) is 3.69. The predicted molar refractivity (Wildman–Crippen MR) is 101 cm³/mol. The first kappa shape index (κ1) is 20.3. The third kappa shape index (κ3) is 4.19. The average molecular weight is 409 g/mol. The fourth-order valence-electron chi connectivity index (χ4n) is 3.59. The first-order valence-corrected chi connectivity index (χ1v) is 9.68. The van der Waals surface area contributed by atoms with Crippen molar-refractivity contribution in [3.8, 4) is 11.3 Å². The number of carbonyl (C=O) groups is 2. The third-order valence-corrected chi connectivity index (χ3v) is 5.23. The van der Waals surface area contributed by atoms with E-state index < -0.39 is 11.7 Å². The molecular formula is C20H22ClFN2O4. The maximum absolute atomic E-state index is 14.3. The van der Waals surface area contributed by atoms with Gasteiger partial charge in [0.05, 0.1) is 23.1 Å². The van der Waals surface area contributed by atoms with Gasteiger partial charge in [-0.2, -0.15) is 0 Å². The summed E-state index contributed by atoms with van der Waals surface area (Å²) in [7, 11) is 0. The van der Waals surface area contributed by atoms with E-state index >= 15 is 0 Å². The minimum absolute atomic E-state index is 0.0270. The lowest BCUT2D eigenvalue weighted by atomic mass is 9.85. The molecule has 0 saturated heterocycles. The Kier molecular flexibility index (Phi) is 6.34. The van der Waals surface area contributed by atoms with Crippen molar-refractivity contribution in [1.82, 2.24) is 10.5 Å². The first-order valence-electron chi connectivity index (χ1n) is 9.30. The Balaban J connectivity index is 1.80. The fourth-order valence-corrected chi connectivity index (χ4v) is 3.84. The molecule has 2 atom stereocenters. The Bertz CT molecular complexity index is 863. The zero-order chi connectivity index (χ0) is 20.3. The Morgan fingerprint density at radius 1 is 1.39 bits per heavy atom. The molecule has 8 heteroatoms. The summed E-state index contributed by atoms with van der Waals surface area (Å²) in [5.41, 5.74) is 0.236. The molecule has 1 aromatic carbocycles. The SMILES string of the molecule is CCOC(=O)[C@@H]1CCC[C@H](NC(=O)c2c(-c3c(F)cccc3Cl)noc2C)C1. The average Bonchev–Trinajstić information content (AvgIpc) is 3.03. The molecule has 0 radical (unpaired) electrons. The maximum Gasteiger partial charge on any atom is 0.308 e. The van der Waals surface area contributed by atoms with Crippen molar-refractivity contribution in [2.24, 2.45) is 5.92 Å². The molecule has 1 N–H and O–H groups in total. The predicted octanol–water partition coefficient (Wildman–Crippen LogP) is 4.29. The molecule has 1 amide bonds. The van der Waals surface area contributed by atoms with Crippen molar-refractivity contribution in [2.75, 3.05) is 6.61 Å². The molecule has 2 aromatic rings. The van der Waals surface area contributed by atoms with Gasteiger partial charge < -0.3 is 14.6 Å². The minimum atomic E-state index is -0.588. The lowest BCUT2D eigenvalue weighted by Gasteiger charge is -2.28. The number of hydrogen-bond acceptors (Lipinski definition) is 5. The van der Waals surface area contributed by atoms with E-state index in [0.29, 0.717) is 13.0 Å². The Hall–Kier alpha value is -2.41. The summed E-state index contributed by atoms with van der Waals surface area (Å²) in [5, 5.41) is 6.92. The Morgan fingerprint density at radius 3 is 2.89 bits per heavy atom. The number of nitrogens with zero attached hydrogens (tertiary/aromatic N) is 1. The van der Waals surface area contributed by atoms with E-state index in [1.807, 2.05) is 0 Å². The number of benzene rings is 1. The molecule has 1 saturated carbocycles. The molecule has 6 nitrogen and oxygen atoms in total. The number of aryl methyl sites for hydroxylation is 1. The van der Waals surface area contributed by atoms with E-state index in [4.69, 9.17) is 20.9 Å². The van der Waals surface area contributed by atoms with Crippen LogP contribution in [-0.4, -0.2) is 29.7 Å². The van der Waals surface area contributed by atoms with Gasteiger partial charge in [0, 0.05) is 6.04 Å². The van der Waals surface area contributed by atoms with Crippen LogP contribution in [0.1, 0.15) is 48.7 Å². The number of carbonyl (C=O) groups excluding carboxylic acids is 2. The van der Waals surface area contributed by atoms with Crippen molar-refractivity contribution in [2.45, 2.75) is 45.6 Å². The van der Waals surface area contributed by atoms with Crippen LogP contribution in [0.3, 0.4) is 0 Å². The molecule has 28 heavy (non-hydrogen) atoms. The van der Waals surface area contributed by atoms with E-state index in [2.05, 4.69) is 10.5 Å². The fraction of sp³-hybridized carbons (Fsp3) is 0.450. The number of ether oxygens (including phenoxy) is 1. The third-order valence-electron chi connectivity index (χ3n) is 4.92. The number of esters is 1. The van der Waals surface area contributed by atoms with Crippen LogP contribution < -0.4 is 5.32 Å². The molecule has 150 valence electrons. The summed E-state index contributed by atoms with van der Waals surface area (Å²) in [5.74, 6) is -1.22. The van der Waals surface area contributed by atoms with Gasteiger partial charge in [-0.3, -0.25) is 9.59 Å². The topological polar surface area (TPSA) is 81.4 Å². The van der Waals surface area contributed by atoms with E-state index in [1.165, 1.54) is 18.2 Å². The molecule has 1 aliphatic carbocycles. The van der Waals surface area contributed by atoms with Crippen LogP contribution in [0.5, 0.6) is 0 Å². The van der Waals surface area contributed by atoms with Crippen LogP contribution in [-0.2, 0) is 9.53 Å². The van der Waals surface area contributed by atoms with Crippen LogP contribution in [0, 0.1) is 18.7 Å². The van der Waals surface area contributed by atoms with Crippen molar-refractivity contribution >= 4 is 23.5 Å². The van der Waals surface area contributed by atoms with Gasteiger partial charge in [0.2, 0.25) is 0 Å². The lowest BCUT2D eigenvalue weighted by molar-refractivity contribution is -0.149. The quantitative estimate of drug-likeness (QED) is 0.746. The van der Waals surface area contributed by atoms with E-state index in [-0.39, 0.29) is 45.5 Å². The van der Waals surface area contributed by atoms with E-state index in [0.717, 1.165) is 19.3 Å². The molecule has 1 aliphatic rings. The number of amides is 1. The highest BCUT2D eigenvalue weighted by Gasteiger charge is 2.31. The van der Waals surface area contributed by atoms with Gasteiger partial charge in [-0.15, -0.1) is 0 Å². The highest BCUT2D eigenvalue weighted by Crippen LogP contribution is 2.34. The molecule has 0 spiro atoms. The monoisotopic (exact) mass is 408 g/mol. The van der Waals surface area contributed by atoms with Crippen LogP contribution >= 0.6 is 11.6 Å². The smallest absolute Gasteiger partial charge is 0.308 e. The number of hydrogen-bond donors (Lipinski definition) is 1. The number of rotatable bonds is 5. The minimum Gasteiger partial charge on any atom is -0.466 e. The van der Waals surface area contributed by atoms with Crippen LogP contribution in [0.15, 0.2) is 22.7 Å². The molecular weight excluding hydrogens is 387 g/mol. The Morgan fingerprint density at radius 2 is 2.18 bits per heavy atom. The summed E-state index contributed by atoms with van der Waals surface area (Å²) in [6.07, 6.45) is 2.81. The molecule has 1 heterocycles. The molecule has 0 aliphatic heterocycles. The second-order valence-corrected chi connectivity index (χ2v) is 7.25. The number of aromatic nitrogens is 1. The second-order valence-electron chi connectivity index (χ2n) is 6.84. The van der Waals surface area contributed by atoms with Gasteiger partial charge >= 0.3 is 5.97 Å². The summed E-state index contributed by atoms with van der Waals surface area (Å²) < 4.78 is 24.6. The summed E-state index contributed by atoms with van der Waals surface area (Å²) in [6, 6.07) is 4.06. The standard InChI is InChI=1S/C20H22ClFN2O4/c1-3-27-20(26)12-6-4-7-13(10-12)23-19(25)16-11(2)28-24-18(16)17-14(21)8-5-9-15(17)22/h5,8-9,12-13H,3-4,6-7,10H2,1-2H3,(H,23,25)/t12-,13+/m1/s1. The van der Waals surface area contributed by atoms with Gasteiger partial charge in [-0.25, -0.2) is 4.39 Å². The molecule has 0 bridgehead atoms. The van der Waals surface area contributed by atoms with Gasteiger partial charge in [0.15, 0.2) is 0 Å². The Labute approximate surface area is 167 Å². The normalized spacial score (nSPS) is 19.3. The van der Waals surface area contributed by atoms with E-state index in [9.17, 15) is 14.0 Å². The van der Waals surface area contributed by atoms with Gasteiger partial charge in [-0.05, 0) is 45.2 Å². The van der Waals surface area contributed by atoms with Gasteiger partial charge in [0.1, 0.15) is 22.8 Å². The first-order chi connectivity index (χ1) is 13.4. The van der Waals surface area contributed by atoms with Crippen LogP contribution in [0.25, 0.3) is 11.3 Å². The highest BCUT2D eigenvalue weighted by atomic mass is 35.5. The van der Waals surface area contributed by atoms with E-state index in [1.54, 1.807) is 13.8 Å². The lowest BCUT2D eigenvalue weighted by Crippen LogP contribution is -2.40. The van der Waals surface area contributed by atoms with Crippen molar-refractivity contribution in [1.29, 1.82) is 0 Å². The largest absolute Gasteiger partial charge is 0.466 e. The van der Waals surface area contributed by atoms with Gasteiger partial charge in [-0.1, -0.05) is 29.2 Å². The zero-order valence-electron chi connectivity index (χ0n) is 15.8. The molecule has 0 unspecified atom stereocenters. The van der Waals surface area contributed by atoms with Crippen molar-refractivity contribution in [3.05, 3.63) is 40.4 Å². The van der Waals surface area contributed by atoms with Crippen molar-refractivity contribution < 1.29 is 23.2 Å². The summed E-state index contributed by atoms with van der Waals surface area (Å²) in [4.78, 5) is 24.9. The second kappa shape index (κ2) is 8.73. The summed E-state index contributed by atoms with van der Waals surface area (Å²) >= 11 is 6.12. The number of halogens is 2. The van der Waals surface area contributed by atoms with Crippen LogP contribution in [0.2, 0.25) is 5.02 Å². The maximum atomic E-state index is 14.3. The molecule has 1 fully saturated rings. The zero-order valence-corrected chi connectivity index (χ0v) is 16.5. The number of nitrogens with one attached hydrogen (secondary N) is 1. The molecule has 1 aromatic heterocycles. The van der Waals surface area contributed by atoms with Crippen LogP contribution in [0.4, 0.5) is 4.39 Å². The highest BCUT2D eigenvalue weighted by molar-refractivity contribution is 6.33. The van der Waals surface area contributed by atoms with Crippen molar-refractivity contribution in [3.63, 3.8) is 0 Å². The van der Waals surface area contributed by atoms with Gasteiger partial charge in [0.25, 0.3) is 5.91 Å². The molecule has 3 rings (SSSR count).